The quantitative estimate of drug-likeness (QED) is 0.383. The Morgan fingerprint density at radius 2 is 1.32 bits per heavy atom. The van der Waals surface area contributed by atoms with Gasteiger partial charge in [-0.3, -0.25) is 0 Å². The minimum Gasteiger partial charge on any atom is -0.374 e. The van der Waals surface area contributed by atoms with Gasteiger partial charge in [-0.1, -0.05) is 91.0 Å². The maximum absolute atomic E-state index is 9.49. The molecule has 3 aromatic rings. The lowest BCUT2D eigenvalue weighted by molar-refractivity contribution is -0.146. The Kier molecular flexibility index (Phi) is 8.46. The zero-order valence-corrected chi connectivity index (χ0v) is 19.5. The topological polar surface area (TPSA) is 60.7 Å². The van der Waals surface area contributed by atoms with Crippen LogP contribution < -0.4 is 0 Å². The van der Waals surface area contributed by atoms with Gasteiger partial charge in [0.25, 0.3) is 0 Å². The summed E-state index contributed by atoms with van der Waals surface area (Å²) in [6, 6.07) is 32.3. The molecule has 4 atom stereocenters. The van der Waals surface area contributed by atoms with E-state index in [9.17, 15) is 5.26 Å². The standard InChI is InChI=1S/C29H31NO4/c1-29(33-21-25-15-9-4-10-16-25)27(17-18-30)34-26(22-31-19-23-11-5-2-6-12-23)28(29)32-20-24-13-7-3-8-14-24/h2-16,26-28H,17,19-22H2,1H3. The van der Waals surface area contributed by atoms with Crippen molar-refractivity contribution in [2.45, 2.75) is 57.1 Å². The largest absolute Gasteiger partial charge is 0.374 e. The van der Waals surface area contributed by atoms with Gasteiger partial charge in [-0.2, -0.15) is 5.26 Å². The first-order valence-corrected chi connectivity index (χ1v) is 11.7. The van der Waals surface area contributed by atoms with Crippen LogP contribution in [0.2, 0.25) is 0 Å². The molecule has 1 fully saturated rings. The van der Waals surface area contributed by atoms with Gasteiger partial charge in [-0.15, -0.1) is 0 Å². The van der Waals surface area contributed by atoms with Crippen LogP contribution in [-0.4, -0.2) is 30.5 Å². The third-order valence-corrected chi connectivity index (χ3v) is 6.22. The fourth-order valence-corrected chi connectivity index (χ4v) is 4.32. The monoisotopic (exact) mass is 457 g/mol. The van der Waals surface area contributed by atoms with Gasteiger partial charge >= 0.3 is 0 Å². The fraction of sp³-hybridized carbons (Fsp3) is 0.345. The third kappa shape index (κ3) is 6.11. The molecular weight excluding hydrogens is 426 g/mol. The number of hydrogen-bond acceptors (Lipinski definition) is 5. The number of ether oxygens (including phenoxy) is 4. The van der Waals surface area contributed by atoms with E-state index in [4.69, 9.17) is 18.9 Å². The molecule has 4 unspecified atom stereocenters. The van der Waals surface area contributed by atoms with E-state index in [0.717, 1.165) is 16.7 Å². The molecule has 0 radical (unpaired) electrons. The van der Waals surface area contributed by atoms with E-state index >= 15 is 0 Å². The van der Waals surface area contributed by atoms with Gasteiger partial charge in [-0.05, 0) is 23.6 Å². The SMILES string of the molecule is CC1(OCc2ccccc2)C(CC#N)OC(COCc2ccccc2)C1OCc1ccccc1. The van der Waals surface area contributed by atoms with Crippen molar-refractivity contribution in [3.05, 3.63) is 108 Å². The first-order valence-electron chi connectivity index (χ1n) is 11.7. The van der Waals surface area contributed by atoms with Crippen molar-refractivity contribution >= 4 is 0 Å². The van der Waals surface area contributed by atoms with E-state index < -0.39 is 17.8 Å². The second-order valence-corrected chi connectivity index (χ2v) is 8.70. The molecule has 176 valence electrons. The number of hydrogen-bond donors (Lipinski definition) is 0. The van der Waals surface area contributed by atoms with Crippen molar-refractivity contribution in [2.75, 3.05) is 6.61 Å². The summed E-state index contributed by atoms with van der Waals surface area (Å²) in [6.07, 6.45) is -0.963. The average molecular weight is 458 g/mol. The molecule has 0 N–H and O–H groups in total. The highest BCUT2D eigenvalue weighted by Gasteiger charge is 2.55. The number of benzene rings is 3. The molecule has 1 aliphatic heterocycles. The number of rotatable bonds is 11. The summed E-state index contributed by atoms with van der Waals surface area (Å²) >= 11 is 0. The molecule has 0 spiro atoms. The Bertz CT molecular complexity index is 1040. The Morgan fingerprint density at radius 1 is 0.794 bits per heavy atom. The molecule has 4 rings (SSSR count). The minimum atomic E-state index is -0.804. The lowest BCUT2D eigenvalue weighted by Crippen LogP contribution is -2.49. The summed E-state index contributed by atoms with van der Waals surface area (Å²) in [6.45, 7) is 3.65. The Balaban J connectivity index is 1.50. The minimum absolute atomic E-state index is 0.214. The van der Waals surface area contributed by atoms with Crippen LogP contribution in [0.4, 0.5) is 0 Å². The molecule has 5 heteroatoms. The first kappa shape index (κ1) is 24.1. The summed E-state index contributed by atoms with van der Waals surface area (Å²) in [5, 5.41) is 9.49. The van der Waals surface area contributed by atoms with E-state index in [1.807, 2.05) is 97.9 Å². The molecule has 0 aromatic heterocycles. The van der Waals surface area contributed by atoms with E-state index in [0.29, 0.717) is 26.4 Å². The molecule has 1 heterocycles. The summed E-state index contributed by atoms with van der Waals surface area (Å²) in [7, 11) is 0. The summed E-state index contributed by atoms with van der Waals surface area (Å²) in [5.74, 6) is 0. The second kappa shape index (κ2) is 11.9. The van der Waals surface area contributed by atoms with Gasteiger partial charge in [0.2, 0.25) is 0 Å². The van der Waals surface area contributed by atoms with Crippen LogP contribution in [0.5, 0.6) is 0 Å². The molecule has 0 amide bonds. The van der Waals surface area contributed by atoms with Crippen LogP contribution in [0, 0.1) is 11.3 Å². The van der Waals surface area contributed by atoms with Crippen LogP contribution in [0.1, 0.15) is 30.0 Å². The smallest absolute Gasteiger partial charge is 0.122 e. The molecule has 1 saturated heterocycles. The second-order valence-electron chi connectivity index (χ2n) is 8.70. The lowest BCUT2D eigenvalue weighted by Gasteiger charge is -2.35. The molecule has 5 nitrogen and oxygen atoms in total. The van der Waals surface area contributed by atoms with Crippen molar-refractivity contribution in [2.24, 2.45) is 0 Å². The van der Waals surface area contributed by atoms with Crippen molar-refractivity contribution in [1.82, 2.24) is 0 Å². The maximum atomic E-state index is 9.49. The molecule has 0 saturated carbocycles. The van der Waals surface area contributed by atoms with Gasteiger partial charge in [0.05, 0.1) is 38.9 Å². The zero-order chi connectivity index (χ0) is 23.6. The Labute approximate surface area is 201 Å². The average Bonchev–Trinajstić information content (AvgIpc) is 3.14. The van der Waals surface area contributed by atoms with Crippen molar-refractivity contribution in [1.29, 1.82) is 5.26 Å². The Morgan fingerprint density at radius 3 is 1.88 bits per heavy atom. The van der Waals surface area contributed by atoms with Crippen LogP contribution in [0.15, 0.2) is 91.0 Å². The lowest BCUT2D eigenvalue weighted by atomic mass is 9.90. The predicted octanol–water partition coefficient (Wildman–Crippen LogP) is 5.45. The Hall–Kier alpha value is -3.01. The molecular formula is C29H31NO4. The van der Waals surface area contributed by atoms with Crippen LogP contribution in [0.25, 0.3) is 0 Å². The van der Waals surface area contributed by atoms with Gasteiger partial charge in [0, 0.05) is 0 Å². The van der Waals surface area contributed by atoms with E-state index in [1.54, 1.807) is 0 Å². The number of nitriles is 1. The highest BCUT2D eigenvalue weighted by molar-refractivity contribution is 5.16. The highest BCUT2D eigenvalue weighted by atomic mass is 16.6. The molecule has 0 aliphatic carbocycles. The third-order valence-electron chi connectivity index (χ3n) is 6.22. The van der Waals surface area contributed by atoms with Crippen LogP contribution in [-0.2, 0) is 38.8 Å². The highest BCUT2D eigenvalue weighted by Crippen LogP contribution is 2.39. The van der Waals surface area contributed by atoms with Crippen LogP contribution in [0.3, 0.4) is 0 Å². The van der Waals surface area contributed by atoms with E-state index in [1.165, 1.54) is 0 Å². The summed E-state index contributed by atoms with van der Waals surface area (Å²) in [5.41, 5.74) is 2.42. The summed E-state index contributed by atoms with van der Waals surface area (Å²) in [4.78, 5) is 0. The predicted molar refractivity (Wildman–Crippen MR) is 130 cm³/mol. The van der Waals surface area contributed by atoms with Crippen molar-refractivity contribution in [3.8, 4) is 6.07 Å². The number of nitrogens with zero attached hydrogens (tertiary/aromatic N) is 1. The van der Waals surface area contributed by atoms with E-state index in [-0.39, 0.29) is 12.5 Å². The van der Waals surface area contributed by atoms with Crippen molar-refractivity contribution in [3.63, 3.8) is 0 Å². The van der Waals surface area contributed by atoms with Gasteiger partial charge in [0.1, 0.15) is 23.9 Å². The summed E-state index contributed by atoms with van der Waals surface area (Å²) < 4.78 is 25.3. The molecule has 34 heavy (non-hydrogen) atoms. The van der Waals surface area contributed by atoms with E-state index in [2.05, 4.69) is 6.07 Å². The van der Waals surface area contributed by atoms with Crippen LogP contribution >= 0.6 is 0 Å². The van der Waals surface area contributed by atoms with Crippen molar-refractivity contribution < 1.29 is 18.9 Å². The molecule has 1 aliphatic rings. The normalized spacial score (nSPS) is 24.1. The molecule has 3 aromatic carbocycles. The van der Waals surface area contributed by atoms with Gasteiger partial charge in [0.15, 0.2) is 0 Å². The van der Waals surface area contributed by atoms with Gasteiger partial charge < -0.3 is 18.9 Å². The fourth-order valence-electron chi connectivity index (χ4n) is 4.32. The first-order chi connectivity index (χ1) is 16.7. The van der Waals surface area contributed by atoms with Gasteiger partial charge in [-0.25, -0.2) is 0 Å². The maximum Gasteiger partial charge on any atom is 0.122 e. The molecule has 0 bridgehead atoms. The zero-order valence-electron chi connectivity index (χ0n) is 19.5.